The predicted molar refractivity (Wildman–Crippen MR) is 162 cm³/mol. The first-order valence-electron chi connectivity index (χ1n) is 16.0. The van der Waals surface area contributed by atoms with E-state index in [1.165, 1.54) is 0 Å². The summed E-state index contributed by atoms with van der Waals surface area (Å²) in [4.78, 5) is 40.8. The molecule has 0 aliphatic carbocycles. The first-order valence-corrected chi connectivity index (χ1v) is 16.0. The van der Waals surface area contributed by atoms with E-state index in [1.807, 2.05) is 32.8 Å². The molecule has 3 saturated heterocycles. The van der Waals surface area contributed by atoms with E-state index in [4.69, 9.17) is 29.4 Å². The zero-order valence-corrected chi connectivity index (χ0v) is 28.3. The van der Waals surface area contributed by atoms with Crippen LogP contribution in [0.2, 0.25) is 0 Å². The molecule has 14 nitrogen and oxygen atoms in total. The molecule has 0 bridgehead atoms. The van der Waals surface area contributed by atoms with Crippen molar-refractivity contribution in [3.63, 3.8) is 0 Å². The molecule has 1 unspecified atom stereocenters. The molecular formula is C31H55N3O11. The highest BCUT2D eigenvalue weighted by Gasteiger charge is 2.57. The summed E-state index contributed by atoms with van der Waals surface area (Å²) in [6.45, 7) is 13.5. The molecule has 3 rings (SSSR count). The molecule has 14 heteroatoms. The van der Waals surface area contributed by atoms with Crippen molar-refractivity contribution in [2.75, 3.05) is 14.1 Å². The number of nitrogens with zero attached hydrogens (tertiary/aromatic N) is 1. The molecule has 15 atom stereocenters. The number of primary amides is 1. The largest absolute Gasteiger partial charge is 0.441 e. The fraction of sp³-hybridized carbons (Fsp3) is 0.903. The van der Waals surface area contributed by atoms with Crippen LogP contribution in [0.25, 0.3) is 0 Å². The molecule has 0 aromatic heterocycles. The smallest absolute Gasteiger partial charge is 0.408 e. The predicted octanol–water partition coefficient (Wildman–Crippen LogP) is 1.51. The molecule has 0 aromatic carbocycles. The maximum atomic E-state index is 14.0. The van der Waals surface area contributed by atoms with Gasteiger partial charge in [-0.25, -0.2) is 9.59 Å². The van der Waals surface area contributed by atoms with Crippen molar-refractivity contribution in [1.29, 1.82) is 0 Å². The summed E-state index contributed by atoms with van der Waals surface area (Å²) >= 11 is 0. The van der Waals surface area contributed by atoms with Crippen molar-refractivity contribution in [3.05, 3.63) is 0 Å². The van der Waals surface area contributed by atoms with Crippen LogP contribution in [0.5, 0.6) is 0 Å². The number of carbonyl (C=O) groups is 3. The Morgan fingerprint density at radius 2 is 1.67 bits per heavy atom. The minimum atomic E-state index is -1.63. The highest BCUT2D eigenvalue weighted by Crippen LogP contribution is 2.41. The summed E-state index contributed by atoms with van der Waals surface area (Å²) in [5.41, 5.74) is 2.62. The number of ether oxygens (including phenoxy) is 5. The minimum Gasteiger partial charge on any atom is -0.441 e. The average molecular weight is 646 g/mol. The Morgan fingerprint density at radius 1 is 1.04 bits per heavy atom. The molecule has 3 aliphatic rings. The van der Waals surface area contributed by atoms with E-state index in [9.17, 15) is 29.7 Å². The second-order valence-corrected chi connectivity index (χ2v) is 14.0. The molecule has 0 aromatic rings. The van der Waals surface area contributed by atoms with E-state index in [-0.39, 0.29) is 24.3 Å². The lowest BCUT2D eigenvalue weighted by Gasteiger charge is -2.48. The van der Waals surface area contributed by atoms with Gasteiger partial charge < -0.3 is 55.0 Å². The summed E-state index contributed by atoms with van der Waals surface area (Å²) in [5.74, 6) is -3.61. The van der Waals surface area contributed by atoms with Gasteiger partial charge in [-0.3, -0.25) is 4.79 Å². The highest BCUT2D eigenvalue weighted by atomic mass is 16.7. The lowest BCUT2D eigenvalue weighted by molar-refractivity contribution is -0.301. The molecule has 3 fully saturated rings. The van der Waals surface area contributed by atoms with Crippen molar-refractivity contribution in [2.24, 2.45) is 29.4 Å². The van der Waals surface area contributed by atoms with Crippen molar-refractivity contribution in [1.82, 2.24) is 10.2 Å². The molecule has 3 aliphatic heterocycles. The number of hydrogen-bond donors (Lipinski definition) is 5. The van der Waals surface area contributed by atoms with Gasteiger partial charge >= 0.3 is 12.2 Å². The Hall–Kier alpha value is -2.07. The highest BCUT2D eigenvalue weighted by molar-refractivity contribution is 5.85. The number of amides is 2. The van der Waals surface area contributed by atoms with Gasteiger partial charge in [-0.15, -0.1) is 0 Å². The number of likely N-dealkylation sites (N-methyl/N-ethyl adjacent to an activating group) is 1. The van der Waals surface area contributed by atoms with Gasteiger partial charge in [-0.1, -0.05) is 34.6 Å². The fourth-order valence-electron chi connectivity index (χ4n) is 7.60. The van der Waals surface area contributed by atoms with Gasteiger partial charge in [0.15, 0.2) is 18.2 Å². The molecule has 3 heterocycles. The zero-order valence-electron chi connectivity index (χ0n) is 28.3. The van der Waals surface area contributed by atoms with Crippen LogP contribution in [0.15, 0.2) is 0 Å². The van der Waals surface area contributed by atoms with E-state index in [0.29, 0.717) is 12.8 Å². The fourth-order valence-corrected chi connectivity index (χ4v) is 7.60. The maximum absolute atomic E-state index is 14.0. The summed E-state index contributed by atoms with van der Waals surface area (Å²) in [7, 11) is 3.67. The van der Waals surface area contributed by atoms with Crippen LogP contribution in [0.1, 0.15) is 74.7 Å². The van der Waals surface area contributed by atoms with Gasteiger partial charge in [0.2, 0.25) is 0 Å². The number of carbonyl (C=O) groups excluding carboxylic acids is 3. The van der Waals surface area contributed by atoms with Crippen LogP contribution in [0.3, 0.4) is 0 Å². The molecule has 45 heavy (non-hydrogen) atoms. The van der Waals surface area contributed by atoms with Gasteiger partial charge in [-0.2, -0.15) is 0 Å². The van der Waals surface area contributed by atoms with Crippen molar-refractivity contribution in [3.8, 4) is 0 Å². The van der Waals surface area contributed by atoms with Crippen LogP contribution in [0, 0.1) is 23.7 Å². The topological polar surface area (TPSA) is 199 Å². The van der Waals surface area contributed by atoms with Crippen LogP contribution >= 0.6 is 0 Å². The third kappa shape index (κ3) is 7.74. The van der Waals surface area contributed by atoms with Gasteiger partial charge in [-0.05, 0) is 54.1 Å². The molecule has 0 saturated carbocycles. The number of rotatable bonds is 5. The van der Waals surface area contributed by atoms with Crippen molar-refractivity contribution in [2.45, 2.75) is 141 Å². The molecular weight excluding hydrogens is 590 g/mol. The standard InChI is InChI=1S/C31H55N3O11/c1-11-20-31(8)24(33-29(40)45-31)16(4)21(35)14(2)13-30(7,44-28(32)39)25(17(5)22(36)18(6)26(38)42-20)43-27-23(37)19(34(9)10)12-15(3)41-27/h14-20,22-27,36-38H,11-13H2,1-10H3,(H2,32,39)(H,33,40)/t14-,15-,16+,17+,18-,19+,20-,22+,23-,24-,25-,26?,27+,30-,31-/m1/s1. The van der Waals surface area contributed by atoms with E-state index < -0.39 is 90.1 Å². The normalized spacial score (nSPS) is 46.9. The SMILES string of the molecule is CC[C@H]1OC(O)[C@H](C)[C@@H](O)[C@H](C)[C@@H](O[C@@H]2O[C@H](C)C[C@H](N(C)C)[C@H]2O)[C@](C)(OC(N)=O)C[C@@H](C)C(=O)[C@H](C)[C@H]2NC(=O)O[C@@]21C. The quantitative estimate of drug-likeness (QED) is 0.289. The molecule has 6 N–H and O–H groups in total. The van der Waals surface area contributed by atoms with E-state index in [1.54, 1.807) is 41.5 Å². The van der Waals surface area contributed by atoms with E-state index in [2.05, 4.69) is 5.32 Å². The molecule has 0 spiro atoms. The van der Waals surface area contributed by atoms with Crippen LogP contribution in [-0.2, 0) is 28.5 Å². The summed E-state index contributed by atoms with van der Waals surface area (Å²) in [6, 6.07) is -1.13. The lowest BCUT2D eigenvalue weighted by atomic mass is 9.73. The number of ketones is 1. The Bertz CT molecular complexity index is 1060. The van der Waals surface area contributed by atoms with Crippen LogP contribution in [0.4, 0.5) is 9.59 Å². The number of alkyl carbamates (subject to hydrolysis) is 1. The van der Waals surface area contributed by atoms with Crippen LogP contribution in [-0.4, -0.2) is 119 Å². The Kier molecular flexibility index (Phi) is 11.9. The molecule has 0 radical (unpaired) electrons. The number of Topliss-reactive ketones (excluding diaryl/α,β-unsaturated/α-hetero) is 1. The first-order chi connectivity index (χ1) is 20.8. The monoisotopic (exact) mass is 645 g/mol. The van der Waals surface area contributed by atoms with Gasteiger partial charge in [0, 0.05) is 29.7 Å². The van der Waals surface area contributed by atoms with Gasteiger partial charge in [0.25, 0.3) is 0 Å². The number of fused-ring (bicyclic) bond motifs is 1. The average Bonchev–Trinajstić information content (AvgIpc) is 3.26. The molecule has 260 valence electrons. The summed E-state index contributed by atoms with van der Waals surface area (Å²) in [5, 5.41) is 37.0. The van der Waals surface area contributed by atoms with E-state index in [0.717, 1.165) is 0 Å². The number of hydrogen-bond acceptors (Lipinski definition) is 12. The summed E-state index contributed by atoms with van der Waals surface area (Å²) in [6.07, 6.45) is -8.52. The first kappa shape index (κ1) is 37.4. The number of aliphatic hydroxyl groups is 3. The molecule has 2 amide bonds. The minimum absolute atomic E-state index is 0.0841. The number of aliphatic hydroxyl groups excluding tert-OH is 3. The van der Waals surface area contributed by atoms with Crippen molar-refractivity contribution >= 4 is 18.0 Å². The zero-order chi connectivity index (χ0) is 34.2. The lowest BCUT2D eigenvalue weighted by Crippen LogP contribution is -2.61. The second-order valence-electron chi connectivity index (χ2n) is 14.0. The van der Waals surface area contributed by atoms with Crippen LogP contribution < -0.4 is 11.1 Å². The summed E-state index contributed by atoms with van der Waals surface area (Å²) < 4.78 is 30.0. The van der Waals surface area contributed by atoms with Gasteiger partial charge in [0.05, 0.1) is 18.2 Å². The van der Waals surface area contributed by atoms with E-state index >= 15 is 0 Å². The number of nitrogens with one attached hydrogen (secondary N) is 1. The van der Waals surface area contributed by atoms with Gasteiger partial charge in [0.1, 0.15) is 29.7 Å². The third-order valence-electron chi connectivity index (χ3n) is 10.2. The third-order valence-corrected chi connectivity index (χ3v) is 10.2. The second kappa shape index (κ2) is 14.4. The Balaban J connectivity index is 2.14. The maximum Gasteiger partial charge on any atom is 0.408 e. The van der Waals surface area contributed by atoms with Crippen molar-refractivity contribution < 1.29 is 53.4 Å². The Morgan fingerprint density at radius 3 is 2.22 bits per heavy atom. The number of nitrogens with two attached hydrogens (primary N) is 1. The Labute approximate surface area is 266 Å².